The number of carbonyl (C=O) groups excluding carboxylic acids is 2. The lowest BCUT2D eigenvalue weighted by Crippen LogP contribution is -2.46. The molecule has 2 fully saturated rings. The van der Waals surface area contributed by atoms with Gasteiger partial charge in [0.15, 0.2) is 0 Å². The van der Waals surface area contributed by atoms with E-state index < -0.39 is 0 Å². The number of hydrogen-bond donors (Lipinski definition) is 0. The van der Waals surface area contributed by atoms with Crippen molar-refractivity contribution in [2.24, 2.45) is 5.92 Å². The Hall–Kier alpha value is -1.91. The maximum atomic E-state index is 12.9. The summed E-state index contributed by atoms with van der Waals surface area (Å²) in [4.78, 5) is 32.4. The molecule has 2 aliphatic heterocycles. The Labute approximate surface area is 131 Å². The van der Waals surface area contributed by atoms with E-state index in [2.05, 4.69) is 4.98 Å². The van der Waals surface area contributed by atoms with Crippen molar-refractivity contribution in [1.82, 2.24) is 14.8 Å². The molecule has 2 saturated heterocycles. The van der Waals surface area contributed by atoms with Gasteiger partial charge in [0.1, 0.15) is 0 Å². The van der Waals surface area contributed by atoms with Crippen LogP contribution in [0.1, 0.15) is 44.2 Å². The first kappa shape index (κ1) is 15.0. The number of rotatable bonds is 2. The molecule has 2 atom stereocenters. The highest BCUT2D eigenvalue weighted by Crippen LogP contribution is 2.34. The molecule has 22 heavy (non-hydrogen) atoms. The number of likely N-dealkylation sites (tertiary alicyclic amines) is 2. The van der Waals surface area contributed by atoms with Gasteiger partial charge in [-0.25, -0.2) is 0 Å². The summed E-state index contributed by atoms with van der Waals surface area (Å²) in [5, 5.41) is 0. The maximum absolute atomic E-state index is 12.9. The zero-order chi connectivity index (χ0) is 15.5. The van der Waals surface area contributed by atoms with Crippen molar-refractivity contribution in [3.8, 4) is 0 Å². The number of piperidine rings is 1. The van der Waals surface area contributed by atoms with E-state index >= 15 is 0 Å². The van der Waals surface area contributed by atoms with Gasteiger partial charge in [-0.15, -0.1) is 0 Å². The van der Waals surface area contributed by atoms with Crippen molar-refractivity contribution in [3.05, 3.63) is 30.1 Å². The lowest BCUT2D eigenvalue weighted by molar-refractivity contribution is -0.140. The summed E-state index contributed by atoms with van der Waals surface area (Å²) in [6.07, 6.45) is 7.44. The zero-order valence-corrected chi connectivity index (χ0v) is 13.1. The molecule has 0 N–H and O–H groups in total. The fourth-order valence-electron chi connectivity index (χ4n) is 3.66. The summed E-state index contributed by atoms with van der Waals surface area (Å²) in [7, 11) is 0. The predicted molar refractivity (Wildman–Crippen MR) is 82.9 cm³/mol. The molecule has 0 aromatic carbocycles. The van der Waals surface area contributed by atoms with Gasteiger partial charge >= 0.3 is 0 Å². The van der Waals surface area contributed by atoms with Gasteiger partial charge in [-0.1, -0.05) is 0 Å². The first-order valence-corrected chi connectivity index (χ1v) is 8.12. The highest BCUT2D eigenvalue weighted by atomic mass is 16.2. The summed E-state index contributed by atoms with van der Waals surface area (Å²) >= 11 is 0. The number of hydrogen-bond acceptors (Lipinski definition) is 3. The van der Waals surface area contributed by atoms with Crippen LogP contribution >= 0.6 is 0 Å². The van der Waals surface area contributed by atoms with Gasteiger partial charge in [0.05, 0.1) is 12.0 Å². The van der Waals surface area contributed by atoms with Crippen molar-refractivity contribution in [3.63, 3.8) is 0 Å². The van der Waals surface area contributed by atoms with Crippen molar-refractivity contribution in [1.29, 1.82) is 0 Å². The highest BCUT2D eigenvalue weighted by molar-refractivity contribution is 5.81. The second-order valence-electron chi connectivity index (χ2n) is 6.27. The summed E-state index contributed by atoms with van der Waals surface area (Å²) in [5.41, 5.74) is 1.17. The van der Waals surface area contributed by atoms with E-state index in [1.807, 2.05) is 21.9 Å². The molecule has 3 rings (SSSR count). The number of pyridine rings is 1. The normalized spacial score (nSPS) is 25.3. The van der Waals surface area contributed by atoms with Crippen LogP contribution in [0.15, 0.2) is 24.5 Å². The molecule has 1 aromatic heterocycles. The molecule has 0 spiro atoms. The molecule has 3 heterocycles. The number of aromatic nitrogens is 1. The molecular formula is C17H23N3O2. The third-order valence-electron chi connectivity index (χ3n) is 4.84. The SMILES string of the molecule is CC(=O)N1CCC[C@H](C(=O)N2CCC[C@H]2c2ccncc2)C1. The second kappa shape index (κ2) is 6.46. The number of carbonyl (C=O) groups is 2. The molecule has 0 unspecified atom stereocenters. The van der Waals surface area contributed by atoms with Crippen molar-refractivity contribution >= 4 is 11.8 Å². The minimum atomic E-state index is -0.0416. The molecule has 0 bridgehead atoms. The lowest BCUT2D eigenvalue weighted by Gasteiger charge is -2.35. The van der Waals surface area contributed by atoms with E-state index in [1.165, 1.54) is 5.56 Å². The van der Waals surface area contributed by atoms with Crippen LogP contribution in [-0.4, -0.2) is 46.2 Å². The van der Waals surface area contributed by atoms with Crippen LogP contribution in [0, 0.1) is 5.92 Å². The third-order valence-corrected chi connectivity index (χ3v) is 4.84. The monoisotopic (exact) mass is 301 g/mol. The first-order valence-electron chi connectivity index (χ1n) is 8.12. The van der Waals surface area contributed by atoms with Crippen LogP contribution in [0.2, 0.25) is 0 Å². The summed E-state index contributed by atoms with van der Waals surface area (Å²) < 4.78 is 0. The zero-order valence-electron chi connectivity index (χ0n) is 13.1. The van der Waals surface area contributed by atoms with Crippen LogP contribution in [0.5, 0.6) is 0 Å². The maximum Gasteiger partial charge on any atom is 0.227 e. The molecule has 5 nitrogen and oxygen atoms in total. The highest BCUT2D eigenvalue weighted by Gasteiger charge is 2.36. The van der Waals surface area contributed by atoms with E-state index in [0.717, 1.165) is 38.8 Å². The Kier molecular flexibility index (Phi) is 4.41. The second-order valence-corrected chi connectivity index (χ2v) is 6.27. The average molecular weight is 301 g/mol. The molecule has 0 aliphatic carbocycles. The molecule has 118 valence electrons. The van der Waals surface area contributed by atoms with Gasteiger partial charge in [0.2, 0.25) is 11.8 Å². The molecule has 2 amide bonds. The van der Waals surface area contributed by atoms with E-state index in [-0.39, 0.29) is 23.8 Å². The Morgan fingerprint density at radius 2 is 1.86 bits per heavy atom. The van der Waals surface area contributed by atoms with Gasteiger partial charge in [0.25, 0.3) is 0 Å². The van der Waals surface area contributed by atoms with Gasteiger partial charge in [0, 0.05) is 39.0 Å². The van der Waals surface area contributed by atoms with Crippen LogP contribution in [0.25, 0.3) is 0 Å². The predicted octanol–water partition coefficient (Wildman–Crippen LogP) is 2.00. The molecule has 0 radical (unpaired) electrons. The lowest BCUT2D eigenvalue weighted by atomic mass is 9.95. The van der Waals surface area contributed by atoms with E-state index in [0.29, 0.717) is 6.54 Å². The van der Waals surface area contributed by atoms with Gasteiger partial charge in [-0.2, -0.15) is 0 Å². The minimum absolute atomic E-state index is 0.0416. The fourth-order valence-corrected chi connectivity index (χ4v) is 3.66. The fraction of sp³-hybridized carbons (Fsp3) is 0.588. The number of amides is 2. The van der Waals surface area contributed by atoms with Crippen molar-refractivity contribution < 1.29 is 9.59 Å². The van der Waals surface area contributed by atoms with E-state index in [4.69, 9.17) is 0 Å². The van der Waals surface area contributed by atoms with E-state index in [1.54, 1.807) is 19.3 Å². The Balaban J connectivity index is 1.72. The molecule has 1 aromatic rings. The summed E-state index contributed by atoms with van der Waals surface area (Å²) in [6.45, 7) is 3.77. The Morgan fingerprint density at radius 3 is 2.59 bits per heavy atom. The van der Waals surface area contributed by atoms with Crippen LogP contribution < -0.4 is 0 Å². The average Bonchev–Trinajstić information content (AvgIpc) is 3.04. The molecule has 0 saturated carbocycles. The Morgan fingerprint density at radius 1 is 1.14 bits per heavy atom. The summed E-state index contributed by atoms with van der Waals surface area (Å²) in [5.74, 6) is 0.245. The largest absolute Gasteiger partial charge is 0.342 e. The van der Waals surface area contributed by atoms with Crippen LogP contribution in [-0.2, 0) is 9.59 Å². The quantitative estimate of drug-likeness (QED) is 0.839. The molecular weight excluding hydrogens is 278 g/mol. The number of nitrogens with zero attached hydrogens (tertiary/aromatic N) is 3. The van der Waals surface area contributed by atoms with Gasteiger partial charge < -0.3 is 9.80 Å². The molecule has 2 aliphatic rings. The van der Waals surface area contributed by atoms with Crippen LogP contribution in [0.3, 0.4) is 0 Å². The standard InChI is InChI=1S/C17H23N3O2/c1-13(21)19-10-2-4-15(12-19)17(22)20-11-3-5-16(20)14-6-8-18-9-7-14/h6-9,15-16H,2-5,10-12H2,1H3/t15-,16-/m0/s1. The Bertz CT molecular complexity index is 546. The molecule has 5 heteroatoms. The van der Waals surface area contributed by atoms with Gasteiger partial charge in [-0.05, 0) is 43.4 Å². The minimum Gasteiger partial charge on any atom is -0.342 e. The smallest absolute Gasteiger partial charge is 0.227 e. The topological polar surface area (TPSA) is 53.5 Å². The summed E-state index contributed by atoms with van der Waals surface area (Å²) in [6, 6.07) is 4.17. The van der Waals surface area contributed by atoms with Crippen molar-refractivity contribution in [2.75, 3.05) is 19.6 Å². The first-order chi connectivity index (χ1) is 10.7. The van der Waals surface area contributed by atoms with Gasteiger partial charge in [-0.3, -0.25) is 14.6 Å². The van der Waals surface area contributed by atoms with Crippen LogP contribution in [0.4, 0.5) is 0 Å². The third kappa shape index (κ3) is 2.98. The van der Waals surface area contributed by atoms with Crippen molar-refractivity contribution in [2.45, 2.75) is 38.6 Å². The van der Waals surface area contributed by atoms with E-state index in [9.17, 15) is 9.59 Å².